The Morgan fingerprint density at radius 3 is 1.47 bits per heavy atom. The summed E-state index contributed by atoms with van der Waals surface area (Å²) in [6, 6.07) is 0. The fraction of sp³-hybridized carbons (Fsp3) is 0.812. The van der Waals surface area contributed by atoms with Gasteiger partial charge in [0, 0.05) is 19.2 Å². The first kappa shape index (κ1) is 16.9. The fourth-order valence-corrected chi connectivity index (χ4v) is 2.18. The van der Waals surface area contributed by atoms with E-state index in [0.29, 0.717) is 0 Å². The molecular formula is C16H28Cl. The molecule has 0 spiro atoms. The highest BCUT2D eigenvalue weighted by Gasteiger charge is 1.92. The van der Waals surface area contributed by atoms with Gasteiger partial charge < -0.3 is 0 Å². The molecule has 0 aromatic carbocycles. The first-order valence-electron chi connectivity index (χ1n) is 7.22. The van der Waals surface area contributed by atoms with Crippen molar-refractivity contribution in [2.75, 3.05) is 5.88 Å². The Bertz CT molecular complexity index is 187. The number of hydrogen-bond donors (Lipinski definition) is 0. The summed E-state index contributed by atoms with van der Waals surface area (Å²) in [5.74, 6) is 6.54. The summed E-state index contributed by atoms with van der Waals surface area (Å²) >= 11 is 5.63. The summed E-state index contributed by atoms with van der Waals surface area (Å²) in [4.78, 5) is 0. The summed E-state index contributed by atoms with van der Waals surface area (Å²) in [5, 5.41) is 0. The number of rotatable bonds is 12. The Balaban J connectivity index is 2.91. The van der Waals surface area contributed by atoms with Crippen LogP contribution in [0.5, 0.6) is 0 Å². The molecule has 0 amide bonds. The predicted octanol–water partition coefficient (Wildman–Crippen LogP) is 5.74. The van der Waals surface area contributed by atoms with Crippen LogP contribution in [0, 0.1) is 18.8 Å². The second-order valence-corrected chi connectivity index (χ2v) is 5.06. The second-order valence-electron chi connectivity index (χ2n) is 4.68. The van der Waals surface area contributed by atoms with Crippen molar-refractivity contribution in [1.29, 1.82) is 0 Å². The lowest BCUT2D eigenvalue weighted by Crippen LogP contribution is -1.83. The summed E-state index contributed by atoms with van der Waals surface area (Å²) in [6.07, 6.45) is 15.9. The molecule has 0 fully saturated rings. The first-order chi connectivity index (χ1) is 8.41. The fourth-order valence-electron chi connectivity index (χ4n) is 1.99. The summed E-state index contributed by atoms with van der Waals surface area (Å²) in [6.45, 7) is 3.51. The van der Waals surface area contributed by atoms with E-state index in [2.05, 4.69) is 18.8 Å². The van der Waals surface area contributed by atoms with Crippen LogP contribution in [0.15, 0.2) is 0 Å². The number of alkyl halides is 1. The van der Waals surface area contributed by atoms with E-state index in [1.807, 2.05) is 0 Å². The minimum Gasteiger partial charge on any atom is -0.127 e. The van der Waals surface area contributed by atoms with Crippen molar-refractivity contribution >= 4 is 11.6 Å². The van der Waals surface area contributed by atoms with Gasteiger partial charge in [-0.1, -0.05) is 57.8 Å². The van der Waals surface area contributed by atoms with Crippen molar-refractivity contribution in [3.63, 3.8) is 0 Å². The van der Waals surface area contributed by atoms with E-state index in [1.54, 1.807) is 0 Å². The highest BCUT2D eigenvalue weighted by atomic mass is 35.5. The van der Waals surface area contributed by atoms with Crippen LogP contribution in [0.4, 0.5) is 0 Å². The monoisotopic (exact) mass is 255 g/mol. The zero-order chi connectivity index (χ0) is 12.6. The van der Waals surface area contributed by atoms with E-state index in [1.165, 1.54) is 70.6 Å². The maximum atomic E-state index is 5.63. The van der Waals surface area contributed by atoms with Crippen LogP contribution in [0.25, 0.3) is 0 Å². The molecule has 0 nitrogen and oxygen atoms in total. The smallest absolute Gasteiger partial charge is 0.0223 e. The summed E-state index contributed by atoms with van der Waals surface area (Å²) in [5.41, 5.74) is 0. The molecule has 0 unspecified atom stereocenters. The molecule has 99 valence electrons. The molecule has 0 heterocycles. The van der Waals surface area contributed by atoms with Crippen LogP contribution >= 0.6 is 11.6 Å². The Kier molecular flexibility index (Phi) is 15.7. The van der Waals surface area contributed by atoms with Gasteiger partial charge in [-0.05, 0) is 12.8 Å². The van der Waals surface area contributed by atoms with Crippen molar-refractivity contribution in [3.8, 4) is 11.8 Å². The Morgan fingerprint density at radius 1 is 0.647 bits per heavy atom. The minimum absolute atomic E-state index is 0.832. The maximum Gasteiger partial charge on any atom is 0.0223 e. The standard InChI is InChI=1S/C16H28Cl/c1-2-3-4-5-6-7-8-9-10-11-12-13-14-15-16-17/h1,4-16H2. The molecule has 0 aromatic heterocycles. The third kappa shape index (κ3) is 15.9. The zero-order valence-corrected chi connectivity index (χ0v) is 12.0. The molecule has 0 atom stereocenters. The second kappa shape index (κ2) is 15.9. The molecule has 0 saturated carbocycles. The molecule has 0 aliphatic rings. The molecule has 0 rings (SSSR count). The molecule has 0 bridgehead atoms. The number of hydrogen-bond acceptors (Lipinski definition) is 0. The normalized spacial score (nSPS) is 10.0. The third-order valence-electron chi connectivity index (χ3n) is 3.06. The first-order valence-corrected chi connectivity index (χ1v) is 7.76. The lowest BCUT2D eigenvalue weighted by molar-refractivity contribution is 0.551. The zero-order valence-electron chi connectivity index (χ0n) is 11.3. The van der Waals surface area contributed by atoms with Crippen LogP contribution < -0.4 is 0 Å². The van der Waals surface area contributed by atoms with Gasteiger partial charge in [-0.2, -0.15) is 0 Å². The van der Waals surface area contributed by atoms with Crippen LogP contribution in [0.1, 0.15) is 77.0 Å². The molecule has 1 radical (unpaired) electrons. The average Bonchev–Trinajstić information content (AvgIpc) is 2.35. The van der Waals surface area contributed by atoms with Crippen LogP contribution in [0.2, 0.25) is 0 Å². The highest BCUT2D eigenvalue weighted by molar-refractivity contribution is 6.17. The average molecular weight is 256 g/mol. The number of halogens is 1. The van der Waals surface area contributed by atoms with E-state index >= 15 is 0 Å². The van der Waals surface area contributed by atoms with E-state index in [-0.39, 0.29) is 0 Å². The van der Waals surface area contributed by atoms with Crippen molar-refractivity contribution < 1.29 is 0 Å². The highest BCUT2D eigenvalue weighted by Crippen LogP contribution is 2.11. The molecule has 0 aromatic rings. The van der Waals surface area contributed by atoms with E-state index in [9.17, 15) is 0 Å². The van der Waals surface area contributed by atoms with Crippen LogP contribution in [0.3, 0.4) is 0 Å². The topological polar surface area (TPSA) is 0 Å². The van der Waals surface area contributed by atoms with E-state index in [4.69, 9.17) is 11.6 Å². The molecule has 0 N–H and O–H groups in total. The largest absolute Gasteiger partial charge is 0.127 e. The SMILES string of the molecule is [CH2]C#CCCCCCCCCCCCCCCl. The van der Waals surface area contributed by atoms with Crippen molar-refractivity contribution in [2.45, 2.75) is 77.0 Å². The third-order valence-corrected chi connectivity index (χ3v) is 3.33. The van der Waals surface area contributed by atoms with Crippen LogP contribution in [-0.2, 0) is 0 Å². The van der Waals surface area contributed by atoms with Crippen molar-refractivity contribution in [1.82, 2.24) is 0 Å². The number of unbranched alkanes of at least 4 members (excludes halogenated alkanes) is 11. The molecule has 1 heteroatoms. The lowest BCUT2D eigenvalue weighted by Gasteiger charge is -2.01. The molecule has 0 saturated heterocycles. The van der Waals surface area contributed by atoms with Crippen LogP contribution in [-0.4, -0.2) is 5.88 Å². The van der Waals surface area contributed by atoms with Gasteiger partial charge in [0.05, 0.1) is 0 Å². The van der Waals surface area contributed by atoms with Crippen molar-refractivity contribution in [2.24, 2.45) is 0 Å². The van der Waals surface area contributed by atoms with E-state index < -0.39 is 0 Å². The Hall–Kier alpha value is -0.150. The summed E-state index contributed by atoms with van der Waals surface area (Å²) in [7, 11) is 0. The van der Waals surface area contributed by atoms with Gasteiger partial charge in [0.1, 0.15) is 0 Å². The lowest BCUT2D eigenvalue weighted by atomic mass is 10.1. The minimum atomic E-state index is 0.832. The maximum absolute atomic E-state index is 5.63. The van der Waals surface area contributed by atoms with Gasteiger partial charge in [0.2, 0.25) is 0 Å². The van der Waals surface area contributed by atoms with Gasteiger partial charge in [-0.3, -0.25) is 0 Å². The van der Waals surface area contributed by atoms with Gasteiger partial charge in [0.25, 0.3) is 0 Å². The van der Waals surface area contributed by atoms with Gasteiger partial charge >= 0.3 is 0 Å². The predicted molar refractivity (Wildman–Crippen MR) is 79.3 cm³/mol. The summed E-state index contributed by atoms with van der Waals surface area (Å²) < 4.78 is 0. The molecule has 0 aliphatic carbocycles. The molecule has 0 aliphatic heterocycles. The molecule has 17 heavy (non-hydrogen) atoms. The Morgan fingerprint density at radius 2 is 1.06 bits per heavy atom. The van der Waals surface area contributed by atoms with Gasteiger partial charge in [0.15, 0.2) is 0 Å². The van der Waals surface area contributed by atoms with Gasteiger partial charge in [-0.25, -0.2) is 0 Å². The molecular weight excluding hydrogens is 228 g/mol. The van der Waals surface area contributed by atoms with E-state index in [0.717, 1.165) is 12.3 Å². The van der Waals surface area contributed by atoms with Gasteiger partial charge in [-0.15, -0.1) is 23.4 Å². The van der Waals surface area contributed by atoms with Crippen molar-refractivity contribution in [3.05, 3.63) is 6.92 Å². The quantitative estimate of drug-likeness (QED) is 0.237. The Labute approximate surface area is 114 Å².